The Balaban J connectivity index is 2.77. The molecular weight excluding hydrogens is 368 g/mol. The van der Waals surface area contributed by atoms with E-state index in [-0.39, 0.29) is 5.75 Å². The molecule has 0 amide bonds. The van der Waals surface area contributed by atoms with E-state index < -0.39 is 21.8 Å². The molecule has 1 rings (SSSR count). The van der Waals surface area contributed by atoms with Crippen molar-refractivity contribution in [2.45, 2.75) is 0 Å². The van der Waals surface area contributed by atoms with E-state index in [0.29, 0.717) is 8.95 Å². The summed E-state index contributed by atoms with van der Waals surface area (Å²) < 4.78 is 35.3. The summed E-state index contributed by atoms with van der Waals surface area (Å²) in [5, 5.41) is 0. The average molecular weight is 374 g/mol. The van der Waals surface area contributed by atoms with E-state index in [4.69, 9.17) is 9.29 Å². The molecule has 0 saturated heterocycles. The number of ether oxygens (including phenoxy) is 1. The fourth-order valence-corrected chi connectivity index (χ4v) is 2.51. The van der Waals surface area contributed by atoms with Crippen LogP contribution in [-0.2, 0) is 14.9 Å². The number of esters is 1. The Hall–Kier alpha value is -0.440. The van der Waals surface area contributed by atoms with Crippen LogP contribution in [0.25, 0.3) is 0 Å². The van der Waals surface area contributed by atoms with Gasteiger partial charge in [-0.3, -0.25) is 9.35 Å². The molecule has 1 aromatic carbocycles. The van der Waals surface area contributed by atoms with Gasteiger partial charge in [-0.05, 0) is 18.2 Å². The molecule has 0 bridgehead atoms. The molecule has 1 N–H and O–H groups in total. The van der Waals surface area contributed by atoms with Gasteiger partial charge in [0.2, 0.25) is 0 Å². The van der Waals surface area contributed by atoms with Gasteiger partial charge in [0.05, 0.1) is 0 Å². The Kier molecular flexibility index (Phi) is 4.48. The SMILES string of the molecule is O=C(CS(=O)(=O)O)Oc1cc(Br)cc(Br)c1. The van der Waals surface area contributed by atoms with Gasteiger partial charge in [0.1, 0.15) is 5.75 Å². The lowest BCUT2D eigenvalue weighted by molar-refractivity contribution is -0.131. The van der Waals surface area contributed by atoms with E-state index in [1.165, 1.54) is 12.1 Å². The van der Waals surface area contributed by atoms with E-state index in [2.05, 4.69) is 31.9 Å². The summed E-state index contributed by atoms with van der Waals surface area (Å²) in [6, 6.07) is 4.71. The molecule has 0 aliphatic heterocycles. The largest absolute Gasteiger partial charge is 0.426 e. The summed E-state index contributed by atoms with van der Waals surface area (Å²) in [7, 11) is -4.36. The first kappa shape index (κ1) is 13.6. The molecule has 0 aliphatic carbocycles. The lowest BCUT2D eigenvalue weighted by atomic mass is 10.3. The molecule has 0 unspecified atom stereocenters. The molecule has 0 heterocycles. The Morgan fingerprint density at radius 3 is 2.19 bits per heavy atom. The van der Waals surface area contributed by atoms with Gasteiger partial charge >= 0.3 is 5.97 Å². The van der Waals surface area contributed by atoms with Crippen molar-refractivity contribution in [1.29, 1.82) is 0 Å². The number of carbonyl (C=O) groups excluding carboxylic acids is 1. The maximum atomic E-state index is 11.1. The summed E-state index contributed by atoms with van der Waals surface area (Å²) in [6.07, 6.45) is 0. The molecule has 8 heteroatoms. The summed E-state index contributed by atoms with van der Waals surface area (Å²) in [5.74, 6) is -1.95. The van der Waals surface area contributed by atoms with Crippen LogP contribution in [-0.4, -0.2) is 24.7 Å². The van der Waals surface area contributed by atoms with E-state index in [1.54, 1.807) is 6.07 Å². The van der Waals surface area contributed by atoms with Gasteiger partial charge in [-0.2, -0.15) is 8.42 Å². The van der Waals surface area contributed by atoms with Crippen LogP contribution in [0.5, 0.6) is 5.75 Å². The molecule has 0 aromatic heterocycles. The maximum absolute atomic E-state index is 11.1. The van der Waals surface area contributed by atoms with Crippen molar-refractivity contribution < 1.29 is 22.5 Å². The third-order valence-corrected chi connectivity index (χ3v) is 2.88. The van der Waals surface area contributed by atoms with Gasteiger partial charge in [-0.15, -0.1) is 0 Å². The first-order valence-corrected chi connectivity index (χ1v) is 7.08. The number of hydrogen-bond acceptors (Lipinski definition) is 4. The highest BCUT2D eigenvalue weighted by Gasteiger charge is 2.15. The second-order valence-electron chi connectivity index (χ2n) is 2.81. The number of benzene rings is 1. The van der Waals surface area contributed by atoms with Crippen molar-refractivity contribution in [3.8, 4) is 5.75 Å². The normalized spacial score (nSPS) is 11.2. The Morgan fingerprint density at radius 1 is 1.25 bits per heavy atom. The van der Waals surface area contributed by atoms with Gasteiger partial charge in [-0.25, -0.2) is 0 Å². The van der Waals surface area contributed by atoms with Gasteiger partial charge < -0.3 is 4.74 Å². The Morgan fingerprint density at radius 2 is 1.75 bits per heavy atom. The first-order chi connectivity index (χ1) is 7.26. The zero-order valence-corrected chi connectivity index (χ0v) is 11.7. The third kappa shape index (κ3) is 5.06. The second-order valence-corrected chi connectivity index (χ2v) is 6.09. The fourth-order valence-electron chi connectivity index (χ4n) is 0.897. The quantitative estimate of drug-likeness (QED) is 0.498. The molecule has 0 spiro atoms. The third-order valence-electron chi connectivity index (χ3n) is 1.37. The molecular formula is C8H6Br2O5S. The standard InChI is InChI=1S/C8H6Br2O5S/c9-5-1-6(10)3-7(2-5)15-8(11)4-16(12,13)14/h1-3H,4H2,(H,12,13,14). The predicted molar refractivity (Wildman–Crippen MR) is 63.9 cm³/mol. The van der Waals surface area contributed by atoms with E-state index in [0.717, 1.165) is 0 Å². The highest BCUT2D eigenvalue weighted by molar-refractivity contribution is 9.11. The van der Waals surface area contributed by atoms with Gasteiger partial charge in [0.15, 0.2) is 5.75 Å². The van der Waals surface area contributed by atoms with Crippen molar-refractivity contribution in [1.82, 2.24) is 0 Å². The number of halogens is 2. The van der Waals surface area contributed by atoms with E-state index >= 15 is 0 Å². The fraction of sp³-hybridized carbons (Fsp3) is 0.125. The van der Waals surface area contributed by atoms with Gasteiger partial charge in [0, 0.05) is 8.95 Å². The highest BCUT2D eigenvalue weighted by atomic mass is 79.9. The van der Waals surface area contributed by atoms with Crippen molar-refractivity contribution in [2.75, 3.05) is 5.75 Å². The van der Waals surface area contributed by atoms with Crippen LogP contribution < -0.4 is 4.74 Å². The zero-order chi connectivity index (χ0) is 12.3. The maximum Gasteiger partial charge on any atom is 0.329 e. The van der Waals surface area contributed by atoms with Crippen molar-refractivity contribution in [3.05, 3.63) is 27.1 Å². The highest BCUT2D eigenvalue weighted by Crippen LogP contribution is 2.24. The molecule has 0 aliphatic rings. The number of carbonyl (C=O) groups is 1. The van der Waals surface area contributed by atoms with Crippen molar-refractivity contribution in [2.24, 2.45) is 0 Å². The Bertz CT molecular complexity index is 491. The summed E-state index contributed by atoms with van der Waals surface area (Å²) >= 11 is 6.35. The second kappa shape index (κ2) is 5.26. The van der Waals surface area contributed by atoms with E-state index in [9.17, 15) is 13.2 Å². The molecule has 5 nitrogen and oxygen atoms in total. The lowest BCUT2D eigenvalue weighted by Crippen LogP contribution is -2.20. The smallest absolute Gasteiger partial charge is 0.329 e. The van der Waals surface area contributed by atoms with Crippen molar-refractivity contribution >= 4 is 47.9 Å². The van der Waals surface area contributed by atoms with Gasteiger partial charge in [0.25, 0.3) is 10.1 Å². The molecule has 16 heavy (non-hydrogen) atoms. The summed E-state index contributed by atoms with van der Waals surface area (Å²) in [4.78, 5) is 11.1. The predicted octanol–water partition coefficient (Wildman–Crippen LogP) is 2.00. The first-order valence-electron chi connectivity index (χ1n) is 3.88. The average Bonchev–Trinajstić information content (AvgIpc) is 1.96. The summed E-state index contributed by atoms with van der Waals surface area (Å²) in [5.41, 5.74) is 0. The molecule has 0 saturated carbocycles. The van der Waals surface area contributed by atoms with Crippen LogP contribution in [0.1, 0.15) is 0 Å². The van der Waals surface area contributed by atoms with Crippen LogP contribution >= 0.6 is 31.9 Å². The topological polar surface area (TPSA) is 80.7 Å². The lowest BCUT2D eigenvalue weighted by Gasteiger charge is -2.04. The van der Waals surface area contributed by atoms with Gasteiger partial charge in [-0.1, -0.05) is 31.9 Å². The molecule has 0 atom stereocenters. The molecule has 0 radical (unpaired) electrons. The van der Waals surface area contributed by atoms with E-state index in [1.807, 2.05) is 0 Å². The van der Waals surface area contributed by atoms with Crippen LogP contribution in [0.2, 0.25) is 0 Å². The zero-order valence-electron chi connectivity index (χ0n) is 7.68. The monoisotopic (exact) mass is 372 g/mol. The summed E-state index contributed by atoms with van der Waals surface area (Å²) in [6.45, 7) is 0. The van der Waals surface area contributed by atoms with Crippen molar-refractivity contribution in [3.63, 3.8) is 0 Å². The molecule has 0 fully saturated rings. The van der Waals surface area contributed by atoms with Crippen LogP contribution in [0.4, 0.5) is 0 Å². The number of rotatable bonds is 3. The van der Waals surface area contributed by atoms with Crippen LogP contribution in [0.3, 0.4) is 0 Å². The minimum absolute atomic E-state index is 0.176. The molecule has 1 aromatic rings. The van der Waals surface area contributed by atoms with Crippen LogP contribution in [0.15, 0.2) is 27.1 Å². The molecule has 88 valence electrons. The minimum Gasteiger partial charge on any atom is -0.426 e. The minimum atomic E-state index is -4.36. The van der Waals surface area contributed by atoms with Crippen LogP contribution in [0, 0.1) is 0 Å². The number of hydrogen-bond donors (Lipinski definition) is 1. The Labute approximate surface area is 109 Å².